The number of aryl methyl sites for hydroxylation is 1. The lowest BCUT2D eigenvalue weighted by molar-refractivity contribution is -0.129. The number of hydrogen-bond acceptors (Lipinski definition) is 5. The van der Waals surface area contributed by atoms with Gasteiger partial charge in [-0.2, -0.15) is 0 Å². The van der Waals surface area contributed by atoms with Crippen molar-refractivity contribution in [3.05, 3.63) is 49.3 Å². The Hall–Kier alpha value is -1.64. The number of Topliss-reactive ketones (excluding diaryl/α,β-unsaturated/α-hetero) is 1. The summed E-state index contributed by atoms with van der Waals surface area (Å²) >= 11 is 19.8. The van der Waals surface area contributed by atoms with Crippen LogP contribution >= 0.6 is 46.1 Å². The fourth-order valence-corrected chi connectivity index (χ4v) is 6.07. The molecule has 1 saturated heterocycles. The van der Waals surface area contributed by atoms with E-state index in [2.05, 4.69) is 15.6 Å². The molecule has 0 radical (unpaired) electrons. The van der Waals surface area contributed by atoms with Crippen molar-refractivity contribution in [2.24, 2.45) is 18.9 Å². The van der Waals surface area contributed by atoms with Crippen LogP contribution in [0.1, 0.15) is 30.2 Å². The smallest absolute Gasteiger partial charge is 0.223 e. The minimum absolute atomic E-state index is 0.0709. The van der Waals surface area contributed by atoms with E-state index in [1.807, 2.05) is 29.9 Å². The van der Waals surface area contributed by atoms with Crippen molar-refractivity contribution >= 4 is 68.9 Å². The Kier molecular flexibility index (Phi) is 7.66. The Bertz CT molecular complexity index is 1170. The van der Waals surface area contributed by atoms with Gasteiger partial charge in [-0.15, -0.1) is 11.3 Å². The maximum atomic E-state index is 12.8. The van der Waals surface area contributed by atoms with Crippen LogP contribution < -0.4 is 10.6 Å². The quantitative estimate of drug-likeness (QED) is 0.431. The van der Waals surface area contributed by atoms with Gasteiger partial charge in [0, 0.05) is 48.6 Å². The van der Waals surface area contributed by atoms with Crippen LogP contribution in [0.5, 0.6) is 0 Å². The Morgan fingerprint density at radius 1 is 1.30 bits per heavy atom. The number of thiophene rings is 1. The minimum atomic E-state index is -0.412. The van der Waals surface area contributed by atoms with Crippen LogP contribution in [0.3, 0.4) is 0 Å². The topological polar surface area (TPSA) is 76.0 Å². The Balaban J connectivity index is 1.25. The monoisotopic (exact) mass is 526 g/mol. The normalized spacial score (nSPS) is 19.2. The summed E-state index contributed by atoms with van der Waals surface area (Å²) in [7, 11) is 1.89. The van der Waals surface area contributed by atoms with E-state index >= 15 is 0 Å². The Labute approximate surface area is 211 Å². The van der Waals surface area contributed by atoms with Crippen molar-refractivity contribution in [3.63, 3.8) is 0 Å². The molecular weight excluding hydrogens is 503 g/mol. The maximum absolute atomic E-state index is 12.8. The summed E-state index contributed by atoms with van der Waals surface area (Å²) in [4.78, 5) is 30.9. The summed E-state index contributed by atoms with van der Waals surface area (Å²) in [5, 5.41) is 8.27. The molecule has 0 unspecified atom stereocenters. The molecule has 1 amide bonds. The molecular formula is C23H25Cl3N4O2S. The maximum Gasteiger partial charge on any atom is 0.223 e. The van der Waals surface area contributed by atoms with E-state index in [0.29, 0.717) is 26.8 Å². The third-order valence-corrected chi connectivity index (χ3v) is 8.23. The predicted molar refractivity (Wildman–Crippen MR) is 134 cm³/mol. The molecule has 1 aliphatic heterocycles. The van der Waals surface area contributed by atoms with E-state index in [0.717, 1.165) is 40.9 Å². The van der Waals surface area contributed by atoms with Gasteiger partial charge in [0.1, 0.15) is 9.98 Å². The van der Waals surface area contributed by atoms with E-state index in [4.69, 9.17) is 34.8 Å². The Morgan fingerprint density at radius 2 is 2.09 bits per heavy atom. The highest BCUT2D eigenvalue weighted by Crippen LogP contribution is 2.34. The van der Waals surface area contributed by atoms with Gasteiger partial charge >= 0.3 is 0 Å². The fraction of sp³-hybridized carbons (Fsp3) is 0.435. The van der Waals surface area contributed by atoms with Gasteiger partial charge in [-0.25, -0.2) is 4.98 Å². The summed E-state index contributed by atoms with van der Waals surface area (Å²) < 4.78 is 2.47. The summed E-state index contributed by atoms with van der Waals surface area (Å²) in [6, 6.07) is 3.61. The zero-order chi connectivity index (χ0) is 23.7. The van der Waals surface area contributed by atoms with E-state index in [9.17, 15) is 9.59 Å². The van der Waals surface area contributed by atoms with Gasteiger partial charge in [0.05, 0.1) is 16.1 Å². The number of nitrogens with one attached hydrogen (secondary N) is 2. The molecule has 0 aromatic carbocycles. The van der Waals surface area contributed by atoms with E-state index < -0.39 is 5.92 Å². The molecule has 4 rings (SSSR count). The van der Waals surface area contributed by atoms with Crippen molar-refractivity contribution in [2.75, 3.05) is 6.54 Å². The van der Waals surface area contributed by atoms with Crippen LogP contribution in [-0.2, 0) is 29.6 Å². The lowest BCUT2D eigenvalue weighted by atomic mass is 9.94. The molecule has 3 aromatic heterocycles. The molecule has 4 heterocycles. The highest BCUT2D eigenvalue weighted by molar-refractivity contribution is 7.16. The molecule has 6 nitrogen and oxygen atoms in total. The summed E-state index contributed by atoms with van der Waals surface area (Å²) in [6.07, 6.45) is 5.33. The van der Waals surface area contributed by atoms with Crippen molar-refractivity contribution in [1.29, 1.82) is 0 Å². The molecule has 3 aromatic rings. The highest BCUT2D eigenvalue weighted by Gasteiger charge is 2.31. The number of halogens is 3. The largest absolute Gasteiger partial charge is 0.352 e. The zero-order valence-corrected chi connectivity index (χ0v) is 21.4. The number of amides is 1. The van der Waals surface area contributed by atoms with Gasteiger partial charge in [0.2, 0.25) is 5.91 Å². The number of carbonyl (C=O) groups excluding carboxylic acids is 2. The van der Waals surface area contributed by atoms with Crippen molar-refractivity contribution in [2.45, 2.75) is 38.8 Å². The van der Waals surface area contributed by atoms with E-state index in [1.165, 1.54) is 11.3 Å². The van der Waals surface area contributed by atoms with Gasteiger partial charge in [-0.05, 0) is 43.0 Å². The van der Waals surface area contributed by atoms with Crippen LogP contribution in [0.4, 0.5) is 0 Å². The van der Waals surface area contributed by atoms with Gasteiger partial charge in [-0.3, -0.25) is 9.59 Å². The van der Waals surface area contributed by atoms with E-state index in [1.54, 1.807) is 13.1 Å². The fourth-order valence-electron chi connectivity index (χ4n) is 4.24. The highest BCUT2D eigenvalue weighted by atomic mass is 35.5. The number of pyridine rings is 1. The van der Waals surface area contributed by atoms with Crippen LogP contribution in [-0.4, -0.2) is 33.8 Å². The second-order valence-electron chi connectivity index (χ2n) is 8.69. The first-order valence-corrected chi connectivity index (χ1v) is 12.7. The molecule has 10 heteroatoms. The van der Waals surface area contributed by atoms with Crippen LogP contribution in [0, 0.1) is 11.8 Å². The average Bonchev–Trinajstić information content (AvgIpc) is 3.44. The van der Waals surface area contributed by atoms with Gasteiger partial charge in [0.15, 0.2) is 5.78 Å². The van der Waals surface area contributed by atoms with Crippen molar-refractivity contribution < 1.29 is 9.59 Å². The van der Waals surface area contributed by atoms with Crippen LogP contribution in [0.15, 0.2) is 24.5 Å². The molecule has 33 heavy (non-hydrogen) atoms. The summed E-state index contributed by atoms with van der Waals surface area (Å²) in [6.45, 7) is 2.88. The van der Waals surface area contributed by atoms with Crippen molar-refractivity contribution in [1.82, 2.24) is 20.2 Å². The van der Waals surface area contributed by atoms with Gasteiger partial charge in [0.25, 0.3) is 0 Å². The second kappa shape index (κ2) is 10.3. The number of hydrogen-bond donors (Lipinski definition) is 2. The minimum Gasteiger partial charge on any atom is -0.352 e. The number of rotatable bonds is 8. The molecule has 0 saturated carbocycles. The molecule has 1 aliphatic rings. The number of carbonyl (C=O) groups is 2. The first-order valence-electron chi connectivity index (χ1n) is 10.8. The summed E-state index contributed by atoms with van der Waals surface area (Å²) in [5.41, 5.74) is 1.65. The summed E-state index contributed by atoms with van der Waals surface area (Å²) in [5.74, 6) is -0.145. The SMILES string of the molecule is C[C@H](CC(=O)[C@H]1C[C@H](Cc2cc(Cl)c(Cl)s2)CN1)C(=O)NCc1cnc2c(c1)c(Cl)cn2C. The first-order chi connectivity index (χ1) is 15.7. The molecule has 1 fully saturated rings. The molecule has 0 spiro atoms. The number of fused-ring (bicyclic) bond motifs is 1. The van der Waals surface area contributed by atoms with E-state index in [-0.39, 0.29) is 24.2 Å². The Morgan fingerprint density at radius 3 is 2.82 bits per heavy atom. The molecule has 3 atom stereocenters. The molecule has 2 N–H and O–H groups in total. The zero-order valence-electron chi connectivity index (χ0n) is 18.3. The lowest BCUT2D eigenvalue weighted by Crippen LogP contribution is -2.35. The number of aromatic nitrogens is 2. The third kappa shape index (κ3) is 5.72. The molecule has 0 aliphatic carbocycles. The van der Waals surface area contributed by atoms with Gasteiger partial charge in [-0.1, -0.05) is 41.7 Å². The first kappa shape index (κ1) is 24.5. The lowest BCUT2D eigenvalue weighted by Gasteiger charge is -2.15. The third-order valence-electron chi connectivity index (χ3n) is 6.04. The standard InChI is InChI=1S/C23H25Cl3N4O2S/c1-12(23(32)29-10-14-5-16-18(25)11-30(2)22(16)28-9-14)3-20(31)19-6-13(8-27-19)4-15-7-17(24)21(26)33-15/h5,7,9,11-13,19,27H,3-4,6,8,10H2,1-2H3,(H,29,32)/t12-,13+,19-/m1/s1. The van der Waals surface area contributed by atoms with Crippen LogP contribution in [0.2, 0.25) is 14.4 Å². The van der Waals surface area contributed by atoms with Gasteiger partial charge < -0.3 is 15.2 Å². The molecule has 176 valence electrons. The second-order valence-corrected chi connectivity index (χ2v) is 11.2. The number of ketones is 1. The average molecular weight is 528 g/mol. The van der Waals surface area contributed by atoms with Crippen molar-refractivity contribution in [3.8, 4) is 0 Å². The van der Waals surface area contributed by atoms with Crippen LogP contribution in [0.25, 0.3) is 11.0 Å². The predicted octanol–water partition coefficient (Wildman–Crippen LogP) is 5.03. The molecule has 0 bridgehead atoms. The number of nitrogens with zero attached hydrogens (tertiary/aromatic N) is 2.